The van der Waals surface area contributed by atoms with Gasteiger partial charge in [0.1, 0.15) is 11.4 Å². The highest BCUT2D eigenvalue weighted by atomic mass is 16.5. The van der Waals surface area contributed by atoms with Gasteiger partial charge >= 0.3 is 0 Å². The van der Waals surface area contributed by atoms with Crippen molar-refractivity contribution in [2.24, 2.45) is 0 Å². The molecule has 6 nitrogen and oxygen atoms in total. The molecule has 0 fully saturated rings. The van der Waals surface area contributed by atoms with Gasteiger partial charge in [0.2, 0.25) is 5.95 Å². The van der Waals surface area contributed by atoms with Crippen molar-refractivity contribution in [2.75, 3.05) is 23.9 Å². The molecule has 2 aromatic carbocycles. The van der Waals surface area contributed by atoms with E-state index in [1.165, 1.54) is 5.56 Å². The summed E-state index contributed by atoms with van der Waals surface area (Å²) in [6.07, 6.45) is 2.48. The van der Waals surface area contributed by atoms with Crippen molar-refractivity contribution in [3.05, 3.63) is 77.6 Å². The summed E-state index contributed by atoms with van der Waals surface area (Å²) < 4.78 is 5.16. The predicted octanol–water partition coefficient (Wildman–Crippen LogP) is 3.30. The number of benzene rings is 2. The van der Waals surface area contributed by atoms with Crippen LogP contribution in [0.3, 0.4) is 0 Å². The first-order valence-electron chi connectivity index (χ1n) is 8.84. The summed E-state index contributed by atoms with van der Waals surface area (Å²) in [5, 5.41) is 3.17. The molecule has 0 spiro atoms. The van der Waals surface area contributed by atoms with E-state index in [9.17, 15) is 4.79 Å². The molecule has 1 amide bonds. The van der Waals surface area contributed by atoms with Gasteiger partial charge in [-0.25, -0.2) is 9.97 Å². The molecule has 0 saturated carbocycles. The number of rotatable bonds is 5. The minimum atomic E-state index is -0.102. The van der Waals surface area contributed by atoms with Gasteiger partial charge in [0.15, 0.2) is 0 Å². The summed E-state index contributed by atoms with van der Waals surface area (Å²) in [5.74, 6) is 1.15. The van der Waals surface area contributed by atoms with Crippen molar-refractivity contribution < 1.29 is 9.53 Å². The van der Waals surface area contributed by atoms with Crippen LogP contribution in [0, 0.1) is 0 Å². The summed E-state index contributed by atoms with van der Waals surface area (Å²) in [4.78, 5) is 23.3. The van der Waals surface area contributed by atoms with E-state index in [1.54, 1.807) is 24.3 Å². The number of nitrogens with one attached hydrogen (secondary N) is 1. The lowest BCUT2D eigenvalue weighted by Crippen LogP contribution is -2.29. The third-order valence-corrected chi connectivity index (χ3v) is 4.62. The maximum Gasteiger partial charge on any atom is 0.277 e. The number of ether oxygens (including phenoxy) is 1. The van der Waals surface area contributed by atoms with Crippen molar-refractivity contribution in [1.29, 1.82) is 0 Å². The zero-order valence-corrected chi connectivity index (χ0v) is 15.1. The van der Waals surface area contributed by atoms with Gasteiger partial charge in [0.25, 0.3) is 5.91 Å². The van der Waals surface area contributed by atoms with E-state index in [1.807, 2.05) is 42.5 Å². The van der Waals surface area contributed by atoms with E-state index >= 15 is 0 Å². The smallest absolute Gasteiger partial charge is 0.277 e. The average molecular weight is 360 g/mol. The van der Waals surface area contributed by atoms with Crippen LogP contribution in [0.4, 0.5) is 11.6 Å². The number of carbonyl (C=O) groups is 1. The first kappa shape index (κ1) is 17.0. The Morgan fingerprint density at radius 3 is 2.78 bits per heavy atom. The molecule has 1 N–H and O–H groups in total. The third-order valence-electron chi connectivity index (χ3n) is 4.62. The Balaban J connectivity index is 1.46. The molecule has 0 bridgehead atoms. The third kappa shape index (κ3) is 3.60. The van der Waals surface area contributed by atoms with E-state index in [-0.39, 0.29) is 5.91 Å². The number of fused-ring (bicyclic) bond motifs is 1. The lowest BCUT2D eigenvalue weighted by molar-refractivity contribution is 0.0984. The quantitative estimate of drug-likeness (QED) is 0.756. The molecule has 4 rings (SSSR count). The minimum Gasteiger partial charge on any atom is -0.497 e. The van der Waals surface area contributed by atoms with Gasteiger partial charge in [-0.1, -0.05) is 30.3 Å². The summed E-state index contributed by atoms with van der Waals surface area (Å²) >= 11 is 0. The second-order valence-electron chi connectivity index (χ2n) is 6.30. The summed E-state index contributed by atoms with van der Waals surface area (Å²) in [5.41, 5.74) is 3.62. The molecule has 6 heteroatoms. The molecule has 0 aliphatic carbocycles. The highest BCUT2D eigenvalue weighted by Crippen LogP contribution is 2.28. The highest BCUT2D eigenvalue weighted by molar-refractivity contribution is 6.06. The van der Waals surface area contributed by atoms with E-state index in [0.717, 1.165) is 23.4 Å². The van der Waals surface area contributed by atoms with E-state index in [2.05, 4.69) is 21.4 Å². The molecule has 1 aliphatic rings. The molecule has 0 radical (unpaired) electrons. The van der Waals surface area contributed by atoms with Crippen molar-refractivity contribution in [3.63, 3.8) is 0 Å². The number of amides is 1. The zero-order valence-electron chi connectivity index (χ0n) is 15.1. The molecule has 1 aliphatic heterocycles. The van der Waals surface area contributed by atoms with Gasteiger partial charge in [-0.05, 0) is 41.8 Å². The Labute approximate surface area is 157 Å². The van der Waals surface area contributed by atoms with Crippen molar-refractivity contribution in [1.82, 2.24) is 9.97 Å². The molecule has 3 aromatic rings. The lowest BCUT2D eigenvalue weighted by atomic mass is 10.2. The fourth-order valence-electron chi connectivity index (χ4n) is 3.17. The van der Waals surface area contributed by atoms with Crippen LogP contribution in [0.1, 0.15) is 21.6 Å². The molecule has 0 saturated heterocycles. The molecule has 0 unspecified atom stereocenters. The molecule has 27 heavy (non-hydrogen) atoms. The Bertz CT molecular complexity index is 956. The Kier molecular flexibility index (Phi) is 4.70. The number of para-hydroxylation sites is 1. The normalized spacial score (nSPS) is 12.6. The number of nitrogens with zero attached hydrogens (tertiary/aromatic N) is 3. The number of hydrogen-bond acceptors (Lipinski definition) is 5. The average Bonchev–Trinajstić information content (AvgIpc) is 3.16. The lowest BCUT2D eigenvalue weighted by Gasteiger charge is -2.17. The van der Waals surface area contributed by atoms with Crippen LogP contribution in [-0.2, 0) is 13.0 Å². The number of anilines is 2. The topological polar surface area (TPSA) is 67.3 Å². The maximum absolute atomic E-state index is 12.9. The fourth-order valence-corrected chi connectivity index (χ4v) is 3.17. The van der Waals surface area contributed by atoms with Gasteiger partial charge in [0, 0.05) is 25.0 Å². The van der Waals surface area contributed by atoms with Crippen LogP contribution >= 0.6 is 0 Å². The van der Waals surface area contributed by atoms with Gasteiger partial charge in [-0.2, -0.15) is 0 Å². The molecule has 136 valence electrons. The van der Waals surface area contributed by atoms with Crippen molar-refractivity contribution in [2.45, 2.75) is 13.0 Å². The first-order chi connectivity index (χ1) is 13.2. The minimum absolute atomic E-state index is 0.102. The molecule has 2 heterocycles. The van der Waals surface area contributed by atoms with Gasteiger partial charge in [-0.3, -0.25) is 4.79 Å². The second-order valence-corrected chi connectivity index (χ2v) is 6.30. The Morgan fingerprint density at radius 1 is 1.15 bits per heavy atom. The maximum atomic E-state index is 12.9. The summed E-state index contributed by atoms with van der Waals surface area (Å²) in [6.45, 7) is 1.24. The van der Waals surface area contributed by atoms with Gasteiger partial charge in [0.05, 0.1) is 7.11 Å². The molecule has 1 aromatic heterocycles. The van der Waals surface area contributed by atoms with E-state index < -0.39 is 0 Å². The van der Waals surface area contributed by atoms with Crippen LogP contribution in [-0.4, -0.2) is 29.5 Å². The number of carbonyl (C=O) groups excluding carboxylic acids is 1. The van der Waals surface area contributed by atoms with Crippen molar-refractivity contribution in [3.8, 4) is 5.75 Å². The standard InChI is InChI=1S/C21H20N4O2/c1-27-17-8-6-15(7-9-17)14-23-21-22-12-10-18(24-21)20(26)25-13-11-16-4-2-3-5-19(16)25/h2-10,12H,11,13-14H2,1H3,(H,22,23,24). The monoisotopic (exact) mass is 360 g/mol. The van der Waals surface area contributed by atoms with Crippen LogP contribution in [0.2, 0.25) is 0 Å². The Morgan fingerprint density at radius 2 is 1.96 bits per heavy atom. The van der Waals surface area contributed by atoms with Crippen LogP contribution < -0.4 is 15.0 Å². The number of hydrogen-bond donors (Lipinski definition) is 1. The largest absolute Gasteiger partial charge is 0.497 e. The van der Waals surface area contributed by atoms with Crippen LogP contribution in [0.25, 0.3) is 0 Å². The zero-order chi connectivity index (χ0) is 18.6. The van der Waals surface area contributed by atoms with E-state index in [4.69, 9.17) is 4.74 Å². The number of methoxy groups -OCH3 is 1. The van der Waals surface area contributed by atoms with Crippen molar-refractivity contribution >= 4 is 17.5 Å². The Hall–Kier alpha value is -3.41. The summed E-state index contributed by atoms with van der Waals surface area (Å²) in [6, 6.07) is 17.4. The number of aromatic nitrogens is 2. The fraction of sp³-hybridized carbons (Fsp3) is 0.190. The van der Waals surface area contributed by atoms with Crippen LogP contribution in [0.5, 0.6) is 5.75 Å². The first-order valence-corrected chi connectivity index (χ1v) is 8.84. The van der Waals surface area contributed by atoms with E-state index in [0.29, 0.717) is 24.7 Å². The highest BCUT2D eigenvalue weighted by Gasteiger charge is 2.26. The molecular weight excluding hydrogens is 340 g/mol. The molecular formula is C21H20N4O2. The predicted molar refractivity (Wildman–Crippen MR) is 104 cm³/mol. The molecule has 0 atom stereocenters. The summed E-state index contributed by atoms with van der Waals surface area (Å²) in [7, 11) is 1.64. The second kappa shape index (κ2) is 7.45. The SMILES string of the molecule is COc1ccc(CNc2nccc(C(=O)N3CCc4ccccc43)n2)cc1. The van der Waals surface area contributed by atoms with Gasteiger partial charge in [-0.15, -0.1) is 0 Å². The van der Waals surface area contributed by atoms with Gasteiger partial charge < -0.3 is 15.0 Å². The van der Waals surface area contributed by atoms with Crippen LogP contribution in [0.15, 0.2) is 60.8 Å².